The number of aromatic amines is 1. The van der Waals surface area contributed by atoms with Crippen molar-refractivity contribution in [2.45, 2.75) is 6.42 Å². The molecule has 1 aliphatic rings. The van der Waals surface area contributed by atoms with Crippen LogP contribution in [0.5, 0.6) is 0 Å². The molecule has 0 radical (unpaired) electrons. The summed E-state index contributed by atoms with van der Waals surface area (Å²) in [5.41, 5.74) is 0.997. The molecule has 1 aromatic carbocycles. The summed E-state index contributed by atoms with van der Waals surface area (Å²) in [7, 11) is 0. The number of hydrogen-bond donors (Lipinski definition) is 2. The lowest BCUT2D eigenvalue weighted by molar-refractivity contribution is 0.0968. The zero-order chi connectivity index (χ0) is 15.7. The minimum Gasteiger partial charge on any atom is -0.396 e. The Hall–Kier alpha value is -2.72. The van der Waals surface area contributed by atoms with Crippen LogP contribution >= 0.6 is 0 Å². The van der Waals surface area contributed by atoms with Gasteiger partial charge in [0.2, 0.25) is 0 Å². The van der Waals surface area contributed by atoms with E-state index in [2.05, 4.69) is 10.2 Å². The second kappa shape index (κ2) is 5.58. The van der Waals surface area contributed by atoms with Crippen molar-refractivity contribution in [3.8, 4) is 6.07 Å². The summed E-state index contributed by atoms with van der Waals surface area (Å²) in [6.45, 7) is 0.0843. The molecule has 3 rings (SSSR count). The number of fused-ring (bicyclic) bond motifs is 1. The molecule has 2 heterocycles. The quantitative estimate of drug-likeness (QED) is 0.872. The lowest BCUT2D eigenvalue weighted by atomic mass is 9.92. The SMILES string of the molecule is N#Cc1cn[nH]c1C(=O)N1CC(CO)Cc2cccc(F)c21. The van der Waals surface area contributed by atoms with E-state index < -0.39 is 11.7 Å². The van der Waals surface area contributed by atoms with Gasteiger partial charge in [-0.05, 0) is 18.1 Å². The van der Waals surface area contributed by atoms with Crippen molar-refractivity contribution in [1.82, 2.24) is 10.2 Å². The largest absolute Gasteiger partial charge is 0.396 e. The Kier molecular flexibility index (Phi) is 3.61. The van der Waals surface area contributed by atoms with E-state index in [4.69, 9.17) is 5.26 Å². The van der Waals surface area contributed by atoms with Gasteiger partial charge in [0.25, 0.3) is 5.91 Å². The van der Waals surface area contributed by atoms with Crippen LogP contribution in [0.4, 0.5) is 10.1 Å². The molecule has 22 heavy (non-hydrogen) atoms. The predicted molar refractivity (Wildman–Crippen MR) is 75.7 cm³/mol. The van der Waals surface area contributed by atoms with Crippen molar-refractivity contribution >= 4 is 11.6 Å². The molecule has 0 spiro atoms. The van der Waals surface area contributed by atoms with Gasteiger partial charge in [0.15, 0.2) is 0 Å². The van der Waals surface area contributed by atoms with Crippen molar-refractivity contribution in [3.05, 3.63) is 47.0 Å². The molecular formula is C15H13FN4O2. The molecule has 6 nitrogen and oxygen atoms in total. The van der Waals surface area contributed by atoms with Crippen LogP contribution in [0, 0.1) is 23.1 Å². The first-order valence-electron chi connectivity index (χ1n) is 6.79. The zero-order valence-corrected chi connectivity index (χ0v) is 11.6. The van der Waals surface area contributed by atoms with Gasteiger partial charge in [0, 0.05) is 19.1 Å². The minimum atomic E-state index is -0.529. The maximum Gasteiger partial charge on any atom is 0.277 e. The van der Waals surface area contributed by atoms with Crippen LogP contribution in [-0.2, 0) is 6.42 Å². The van der Waals surface area contributed by atoms with Gasteiger partial charge >= 0.3 is 0 Å². The van der Waals surface area contributed by atoms with E-state index in [-0.39, 0.29) is 36.0 Å². The van der Waals surface area contributed by atoms with Gasteiger partial charge in [0.05, 0.1) is 11.9 Å². The van der Waals surface area contributed by atoms with E-state index in [9.17, 15) is 14.3 Å². The van der Waals surface area contributed by atoms with Gasteiger partial charge in [0.1, 0.15) is 23.1 Å². The lowest BCUT2D eigenvalue weighted by Crippen LogP contribution is -2.42. The molecule has 1 aromatic heterocycles. The third kappa shape index (κ3) is 2.23. The van der Waals surface area contributed by atoms with E-state index in [0.29, 0.717) is 12.0 Å². The summed E-state index contributed by atoms with van der Waals surface area (Å²) in [5.74, 6) is -1.20. The maximum atomic E-state index is 14.2. The number of para-hydroxylation sites is 1. The fourth-order valence-electron chi connectivity index (χ4n) is 2.73. The molecule has 1 aliphatic heterocycles. The van der Waals surface area contributed by atoms with Crippen molar-refractivity contribution in [2.75, 3.05) is 18.1 Å². The number of rotatable bonds is 2. The monoisotopic (exact) mass is 300 g/mol. The average molecular weight is 300 g/mol. The summed E-state index contributed by atoms with van der Waals surface area (Å²) < 4.78 is 14.2. The molecule has 1 unspecified atom stereocenters. The molecule has 0 fully saturated rings. The Morgan fingerprint density at radius 1 is 1.59 bits per heavy atom. The predicted octanol–water partition coefficient (Wildman–Crippen LogP) is 1.23. The number of amides is 1. The van der Waals surface area contributed by atoms with Gasteiger partial charge in [-0.25, -0.2) is 4.39 Å². The van der Waals surface area contributed by atoms with Crippen LogP contribution in [0.3, 0.4) is 0 Å². The number of hydrogen-bond acceptors (Lipinski definition) is 4. The maximum absolute atomic E-state index is 14.2. The van der Waals surface area contributed by atoms with Crippen LogP contribution in [0.1, 0.15) is 21.6 Å². The molecule has 0 saturated carbocycles. The van der Waals surface area contributed by atoms with Crippen LogP contribution in [0.25, 0.3) is 0 Å². The molecule has 2 N–H and O–H groups in total. The molecule has 2 aromatic rings. The van der Waals surface area contributed by atoms with Gasteiger partial charge in [-0.3, -0.25) is 9.89 Å². The fraction of sp³-hybridized carbons (Fsp3) is 0.267. The highest BCUT2D eigenvalue weighted by molar-refractivity contribution is 6.07. The summed E-state index contributed by atoms with van der Waals surface area (Å²) in [6, 6.07) is 6.47. The van der Waals surface area contributed by atoms with Crippen LogP contribution in [0.2, 0.25) is 0 Å². The number of nitrogens with zero attached hydrogens (tertiary/aromatic N) is 3. The molecule has 1 amide bonds. The van der Waals surface area contributed by atoms with Crippen LogP contribution in [-0.4, -0.2) is 34.4 Å². The Bertz CT molecular complexity index is 765. The summed E-state index contributed by atoms with van der Waals surface area (Å²) in [5, 5.41) is 24.6. The minimum absolute atomic E-state index is 0.0234. The highest BCUT2D eigenvalue weighted by Gasteiger charge is 2.32. The number of aromatic nitrogens is 2. The Labute approximate surface area is 125 Å². The van der Waals surface area contributed by atoms with E-state index in [1.165, 1.54) is 17.2 Å². The van der Waals surface area contributed by atoms with Crippen LogP contribution in [0.15, 0.2) is 24.4 Å². The van der Waals surface area contributed by atoms with E-state index in [1.54, 1.807) is 12.1 Å². The standard InChI is InChI=1S/C15H13FN4O2/c16-12-3-1-2-10-4-9(8-21)7-20(14(10)12)15(22)13-11(5-17)6-18-19-13/h1-3,6,9,21H,4,7-8H2,(H,18,19). The normalized spacial score (nSPS) is 17.0. The van der Waals surface area contributed by atoms with E-state index >= 15 is 0 Å². The smallest absolute Gasteiger partial charge is 0.277 e. The van der Waals surface area contributed by atoms with Crippen molar-refractivity contribution in [1.29, 1.82) is 5.26 Å². The van der Waals surface area contributed by atoms with Crippen molar-refractivity contribution in [3.63, 3.8) is 0 Å². The second-order valence-corrected chi connectivity index (χ2v) is 5.19. The first-order chi connectivity index (χ1) is 10.7. The number of nitriles is 1. The van der Waals surface area contributed by atoms with Gasteiger partial charge in [-0.2, -0.15) is 10.4 Å². The average Bonchev–Trinajstić information content (AvgIpc) is 3.01. The zero-order valence-electron chi connectivity index (χ0n) is 11.6. The van der Waals surface area contributed by atoms with E-state index in [1.807, 2.05) is 6.07 Å². The second-order valence-electron chi connectivity index (χ2n) is 5.19. The first-order valence-corrected chi connectivity index (χ1v) is 6.79. The van der Waals surface area contributed by atoms with Gasteiger partial charge in [-0.15, -0.1) is 0 Å². The van der Waals surface area contributed by atoms with E-state index in [0.717, 1.165) is 0 Å². The summed E-state index contributed by atoms with van der Waals surface area (Å²) in [6.07, 6.45) is 1.75. The molecular weight excluding hydrogens is 287 g/mol. The number of nitrogens with one attached hydrogen (secondary N) is 1. The van der Waals surface area contributed by atoms with Crippen molar-refractivity contribution in [2.24, 2.45) is 5.92 Å². The fourth-order valence-corrected chi connectivity index (χ4v) is 2.73. The number of carbonyl (C=O) groups is 1. The molecule has 1 atom stereocenters. The Morgan fingerprint density at radius 3 is 3.14 bits per heavy atom. The summed E-state index contributed by atoms with van der Waals surface area (Å²) in [4.78, 5) is 13.9. The summed E-state index contributed by atoms with van der Waals surface area (Å²) >= 11 is 0. The molecule has 0 aliphatic carbocycles. The molecule has 7 heteroatoms. The first kappa shape index (κ1) is 14.2. The van der Waals surface area contributed by atoms with Crippen molar-refractivity contribution < 1.29 is 14.3 Å². The number of aliphatic hydroxyl groups is 1. The highest BCUT2D eigenvalue weighted by Crippen LogP contribution is 2.33. The number of anilines is 1. The Balaban J connectivity index is 2.07. The number of carbonyl (C=O) groups excluding carboxylic acids is 1. The molecule has 0 bridgehead atoms. The van der Waals surface area contributed by atoms with Crippen LogP contribution < -0.4 is 4.90 Å². The number of aliphatic hydroxyl groups excluding tert-OH is 1. The lowest BCUT2D eigenvalue weighted by Gasteiger charge is -2.33. The number of H-pyrrole nitrogens is 1. The molecule has 112 valence electrons. The third-order valence-electron chi connectivity index (χ3n) is 3.77. The molecule has 0 saturated heterocycles. The third-order valence-corrected chi connectivity index (χ3v) is 3.77. The van der Waals surface area contributed by atoms with Gasteiger partial charge in [-0.1, -0.05) is 12.1 Å². The highest BCUT2D eigenvalue weighted by atomic mass is 19.1. The number of benzene rings is 1. The number of halogens is 1. The topological polar surface area (TPSA) is 93.0 Å². The Morgan fingerprint density at radius 2 is 2.41 bits per heavy atom. The van der Waals surface area contributed by atoms with Gasteiger partial charge < -0.3 is 10.0 Å².